The van der Waals surface area contributed by atoms with E-state index in [9.17, 15) is 8.42 Å². The van der Waals surface area contributed by atoms with E-state index in [1.54, 1.807) is 0 Å². The Hall–Kier alpha value is -0.130. The van der Waals surface area contributed by atoms with Gasteiger partial charge >= 0.3 is 0 Å². The van der Waals surface area contributed by atoms with Crippen molar-refractivity contribution < 1.29 is 13.0 Å². The van der Waals surface area contributed by atoms with Gasteiger partial charge in [0.2, 0.25) is 0 Å². The van der Waals surface area contributed by atoms with Gasteiger partial charge < -0.3 is 5.32 Å². The average Bonchev–Trinajstić information content (AvgIpc) is 2.67. The van der Waals surface area contributed by atoms with Gasteiger partial charge in [0.25, 0.3) is 10.1 Å². The molecule has 0 rings (SSSR count). The molecule has 0 saturated carbocycles. The molecule has 0 amide bonds. The highest BCUT2D eigenvalue weighted by molar-refractivity contribution is 7.85. The van der Waals surface area contributed by atoms with Crippen molar-refractivity contribution in [2.75, 3.05) is 12.3 Å². The van der Waals surface area contributed by atoms with Crippen molar-refractivity contribution >= 4 is 10.1 Å². The Balaban J connectivity index is 3.84. The molecule has 0 fully saturated rings. The van der Waals surface area contributed by atoms with E-state index in [0.717, 1.165) is 12.8 Å². The van der Waals surface area contributed by atoms with E-state index >= 15 is 0 Å². The second-order valence-corrected chi connectivity index (χ2v) is 10.4. The van der Waals surface area contributed by atoms with E-state index in [0.29, 0.717) is 12.6 Å². The molecule has 0 aromatic carbocycles. The summed E-state index contributed by atoms with van der Waals surface area (Å²) in [5.74, 6) is -0.182. The van der Waals surface area contributed by atoms with Crippen molar-refractivity contribution in [3.05, 3.63) is 0 Å². The summed E-state index contributed by atoms with van der Waals surface area (Å²) in [5, 5.41) is 3.38. The molecule has 176 valence electrons. The maximum atomic E-state index is 11.0. The Morgan fingerprint density at radius 3 is 1.31 bits per heavy atom. The summed E-state index contributed by atoms with van der Waals surface area (Å²) in [6.45, 7) is 4.87. The molecule has 0 bridgehead atoms. The molecule has 0 saturated heterocycles. The zero-order valence-corrected chi connectivity index (χ0v) is 20.4. The number of hydrogen-bond acceptors (Lipinski definition) is 3. The lowest BCUT2D eigenvalue weighted by Gasteiger charge is -2.18. The molecule has 2 N–H and O–H groups in total. The summed E-state index contributed by atoms with van der Waals surface area (Å²) in [6, 6.07) is 0.390. The lowest BCUT2D eigenvalue weighted by Crippen LogP contribution is -2.33. The first-order chi connectivity index (χ1) is 14.0. The summed E-state index contributed by atoms with van der Waals surface area (Å²) < 4.78 is 30.9. The van der Waals surface area contributed by atoms with Gasteiger partial charge in [0.05, 0.1) is 5.75 Å². The first kappa shape index (κ1) is 28.9. The molecule has 29 heavy (non-hydrogen) atoms. The van der Waals surface area contributed by atoms with Crippen LogP contribution in [-0.2, 0) is 10.1 Å². The van der Waals surface area contributed by atoms with Gasteiger partial charge in [0, 0.05) is 12.6 Å². The van der Waals surface area contributed by atoms with E-state index in [-0.39, 0.29) is 5.75 Å². The van der Waals surface area contributed by atoms with Crippen LogP contribution in [0.2, 0.25) is 0 Å². The van der Waals surface area contributed by atoms with E-state index in [1.165, 1.54) is 109 Å². The lowest BCUT2D eigenvalue weighted by molar-refractivity contribution is 0.415. The average molecular weight is 434 g/mol. The highest BCUT2D eigenvalue weighted by Crippen LogP contribution is 2.15. The molecule has 0 spiro atoms. The number of rotatable bonds is 23. The third-order valence-corrected chi connectivity index (χ3v) is 6.58. The molecule has 0 aliphatic rings. The van der Waals surface area contributed by atoms with Gasteiger partial charge in [0.1, 0.15) is 0 Å². The van der Waals surface area contributed by atoms with Crippen molar-refractivity contribution in [3.8, 4) is 0 Å². The Morgan fingerprint density at radius 1 is 0.621 bits per heavy atom. The molecule has 4 nitrogen and oxygen atoms in total. The summed E-state index contributed by atoms with van der Waals surface area (Å²) in [7, 11) is -3.86. The SMILES string of the molecule is CCCCCCCCCCCCC(CCCCCCCCC)NCCS(=O)(=O)O. The topological polar surface area (TPSA) is 66.4 Å². The fourth-order valence-electron chi connectivity index (χ4n) is 3.97. The Labute approximate surface area is 182 Å². The molecule has 0 aliphatic heterocycles. The summed E-state index contributed by atoms with van der Waals surface area (Å²) in [4.78, 5) is 0. The van der Waals surface area contributed by atoms with E-state index < -0.39 is 10.1 Å². The highest BCUT2D eigenvalue weighted by atomic mass is 32.2. The second-order valence-electron chi connectivity index (χ2n) is 8.82. The van der Waals surface area contributed by atoms with Crippen molar-refractivity contribution in [1.29, 1.82) is 0 Å². The third-order valence-electron chi connectivity index (χ3n) is 5.86. The predicted molar refractivity (Wildman–Crippen MR) is 127 cm³/mol. The van der Waals surface area contributed by atoms with Crippen LogP contribution in [0.1, 0.15) is 136 Å². The van der Waals surface area contributed by atoms with Crippen LogP contribution in [0.25, 0.3) is 0 Å². The largest absolute Gasteiger partial charge is 0.313 e. The van der Waals surface area contributed by atoms with Gasteiger partial charge in [-0.05, 0) is 12.8 Å². The maximum absolute atomic E-state index is 11.0. The first-order valence-corrected chi connectivity index (χ1v) is 14.3. The van der Waals surface area contributed by atoms with E-state index in [2.05, 4.69) is 19.2 Å². The van der Waals surface area contributed by atoms with Crippen LogP contribution in [-0.4, -0.2) is 31.3 Å². The molecular formula is C24H51NO3S. The number of hydrogen-bond donors (Lipinski definition) is 2. The molecule has 1 atom stereocenters. The van der Waals surface area contributed by atoms with Crippen molar-refractivity contribution in [2.24, 2.45) is 0 Å². The fraction of sp³-hybridized carbons (Fsp3) is 1.00. The predicted octanol–water partition coefficient (Wildman–Crippen LogP) is 7.28. The van der Waals surface area contributed by atoms with Gasteiger partial charge in [0.15, 0.2) is 0 Å². The van der Waals surface area contributed by atoms with E-state index in [4.69, 9.17) is 4.55 Å². The molecule has 5 heteroatoms. The molecule has 0 aromatic heterocycles. The molecule has 0 heterocycles. The van der Waals surface area contributed by atoms with Crippen LogP contribution in [0.5, 0.6) is 0 Å². The van der Waals surface area contributed by atoms with Crippen molar-refractivity contribution in [1.82, 2.24) is 5.32 Å². The van der Waals surface area contributed by atoms with Crippen LogP contribution < -0.4 is 5.32 Å². The minimum absolute atomic E-state index is 0.182. The Kier molecular flexibility index (Phi) is 21.0. The van der Waals surface area contributed by atoms with Gasteiger partial charge in [-0.25, -0.2) is 0 Å². The van der Waals surface area contributed by atoms with Crippen LogP contribution in [0.3, 0.4) is 0 Å². The minimum Gasteiger partial charge on any atom is -0.313 e. The quantitative estimate of drug-likeness (QED) is 0.131. The van der Waals surface area contributed by atoms with Crippen LogP contribution in [0, 0.1) is 0 Å². The Morgan fingerprint density at radius 2 is 0.966 bits per heavy atom. The van der Waals surface area contributed by atoms with Crippen molar-refractivity contribution in [2.45, 2.75) is 142 Å². The zero-order chi connectivity index (χ0) is 21.6. The second kappa shape index (κ2) is 21.1. The van der Waals surface area contributed by atoms with E-state index in [1.807, 2.05) is 0 Å². The Bertz CT molecular complexity index is 426. The number of unbranched alkanes of at least 4 members (excludes halogenated alkanes) is 15. The van der Waals surface area contributed by atoms with Crippen molar-refractivity contribution in [3.63, 3.8) is 0 Å². The minimum atomic E-state index is -3.86. The molecule has 0 aromatic rings. The van der Waals surface area contributed by atoms with Gasteiger partial charge in [-0.3, -0.25) is 4.55 Å². The highest BCUT2D eigenvalue weighted by Gasteiger charge is 2.10. The van der Waals surface area contributed by atoms with Crippen LogP contribution in [0.15, 0.2) is 0 Å². The summed E-state index contributed by atoms with van der Waals surface area (Å²) in [5.41, 5.74) is 0. The lowest BCUT2D eigenvalue weighted by atomic mass is 9.99. The molecule has 0 aliphatic carbocycles. The number of nitrogens with one attached hydrogen (secondary N) is 1. The molecule has 0 radical (unpaired) electrons. The smallest absolute Gasteiger partial charge is 0.266 e. The van der Waals surface area contributed by atoms with Crippen LogP contribution >= 0.6 is 0 Å². The maximum Gasteiger partial charge on any atom is 0.266 e. The third kappa shape index (κ3) is 24.0. The zero-order valence-electron chi connectivity index (χ0n) is 19.6. The van der Waals surface area contributed by atoms with Gasteiger partial charge in [-0.1, -0.05) is 123 Å². The fourth-order valence-corrected chi connectivity index (χ4v) is 4.34. The van der Waals surface area contributed by atoms with Crippen LogP contribution in [0.4, 0.5) is 0 Å². The van der Waals surface area contributed by atoms with Gasteiger partial charge in [-0.2, -0.15) is 8.42 Å². The monoisotopic (exact) mass is 433 g/mol. The van der Waals surface area contributed by atoms with Gasteiger partial charge in [-0.15, -0.1) is 0 Å². The summed E-state index contributed by atoms with van der Waals surface area (Å²) in [6.07, 6.45) is 24.8. The molecule has 1 unspecified atom stereocenters. The normalized spacial score (nSPS) is 13.1. The summed E-state index contributed by atoms with van der Waals surface area (Å²) >= 11 is 0. The standard InChI is InChI=1S/C24H51NO3S/c1-3-5-7-9-11-12-13-15-17-19-21-24(25-22-23-29(26,27)28)20-18-16-14-10-8-6-4-2/h24-25H,3-23H2,1-2H3,(H,26,27,28). The first-order valence-electron chi connectivity index (χ1n) is 12.7. The molecular weight excluding hydrogens is 382 g/mol.